The van der Waals surface area contributed by atoms with Crippen molar-refractivity contribution in [1.29, 1.82) is 0 Å². The lowest BCUT2D eigenvalue weighted by Crippen LogP contribution is -2.00. The number of pyridine rings is 1. The van der Waals surface area contributed by atoms with Crippen LogP contribution in [0.25, 0.3) is 0 Å². The quantitative estimate of drug-likeness (QED) is 0.920. The monoisotopic (exact) mass is 263 g/mol. The topological polar surface area (TPSA) is 59.4 Å². The number of ether oxygens (including phenoxy) is 1. The van der Waals surface area contributed by atoms with Crippen LogP contribution in [0.2, 0.25) is 5.02 Å². The molecular formula is C13H10ClNO3. The summed E-state index contributed by atoms with van der Waals surface area (Å²) in [5, 5.41) is 9.41. The summed E-state index contributed by atoms with van der Waals surface area (Å²) in [6.07, 6.45) is 1.60. The molecule has 0 fully saturated rings. The Morgan fingerprint density at radius 2 is 2.11 bits per heavy atom. The van der Waals surface area contributed by atoms with Gasteiger partial charge in [0, 0.05) is 17.3 Å². The van der Waals surface area contributed by atoms with Crippen LogP contribution in [0, 0.1) is 6.92 Å². The van der Waals surface area contributed by atoms with Crippen molar-refractivity contribution in [2.75, 3.05) is 0 Å². The van der Waals surface area contributed by atoms with Gasteiger partial charge in [-0.3, -0.25) is 0 Å². The molecule has 0 atom stereocenters. The third-order valence-electron chi connectivity index (χ3n) is 2.28. The molecule has 0 aliphatic rings. The first-order chi connectivity index (χ1) is 8.56. The first-order valence-electron chi connectivity index (χ1n) is 5.19. The van der Waals surface area contributed by atoms with Gasteiger partial charge in [-0.2, -0.15) is 0 Å². The third-order valence-corrected chi connectivity index (χ3v) is 2.51. The van der Waals surface area contributed by atoms with Crippen LogP contribution in [0.3, 0.4) is 0 Å². The zero-order valence-corrected chi connectivity index (χ0v) is 10.3. The molecule has 2 aromatic rings. The summed E-state index contributed by atoms with van der Waals surface area (Å²) < 4.78 is 5.46. The van der Waals surface area contributed by atoms with Crippen molar-refractivity contribution in [1.82, 2.24) is 4.98 Å². The minimum absolute atomic E-state index is 0.00538. The van der Waals surface area contributed by atoms with Gasteiger partial charge in [-0.15, -0.1) is 0 Å². The molecule has 1 aromatic heterocycles. The molecule has 0 bridgehead atoms. The molecule has 0 aliphatic heterocycles. The molecule has 2 rings (SSSR count). The molecule has 0 saturated heterocycles. The van der Waals surface area contributed by atoms with Crippen molar-refractivity contribution < 1.29 is 14.6 Å². The lowest BCUT2D eigenvalue weighted by Gasteiger charge is -2.08. The van der Waals surface area contributed by atoms with Gasteiger partial charge in [0.2, 0.25) is 5.88 Å². The van der Waals surface area contributed by atoms with Crippen LogP contribution in [0.4, 0.5) is 0 Å². The molecule has 0 amide bonds. The van der Waals surface area contributed by atoms with E-state index in [1.807, 2.05) is 13.0 Å². The fourth-order valence-corrected chi connectivity index (χ4v) is 1.61. The van der Waals surface area contributed by atoms with Gasteiger partial charge in [0.05, 0.1) is 0 Å². The zero-order chi connectivity index (χ0) is 13.1. The molecule has 0 spiro atoms. The predicted molar refractivity (Wildman–Crippen MR) is 67.5 cm³/mol. The van der Waals surface area contributed by atoms with E-state index in [2.05, 4.69) is 4.98 Å². The second-order valence-corrected chi connectivity index (χ2v) is 4.16. The first-order valence-corrected chi connectivity index (χ1v) is 5.57. The summed E-state index contributed by atoms with van der Waals surface area (Å²) in [6.45, 7) is 1.90. The standard InChI is InChI=1S/C13H10ClNO3/c1-8-4-5-15-12(6-8)18-11-3-2-9(14)7-10(11)13(16)17/h2-7H,1H3,(H,16,17). The Labute approximate surface area is 109 Å². The van der Waals surface area contributed by atoms with Crippen molar-refractivity contribution in [3.63, 3.8) is 0 Å². The highest BCUT2D eigenvalue weighted by molar-refractivity contribution is 6.31. The molecule has 18 heavy (non-hydrogen) atoms. The average Bonchev–Trinajstić information content (AvgIpc) is 2.31. The molecule has 0 aliphatic carbocycles. The average molecular weight is 264 g/mol. The SMILES string of the molecule is Cc1ccnc(Oc2ccc(Cl)cc2C(=O)O)c1. The largest absolute Gasteiger partial charge is 0.478 e. The second kappa shape index (κ2) is 5.06. The highest BCUT2D eigenvalue weighted by atomic mass is 35.5. The first kappa shape index (κ1) is 12.4. The number of benzene rings is 1. The molecule has 1 heterocycles. The molecular weight excluding hydrogens is 254 g/mol. The number of nitrogens with zero attached hydrogens (tertiary/aromatic N) is 1. The Morgan fingerprint density at radius 1 is 1.33 bits per heavy atom. The van der Waals surface area contributed by atoms with E-state index in [-0.39, 0.29) is 11.3 Å². The molecule has 0 radical (unpaired) electrons. The fourth-order valence-electron chi connectivity index (χ4n) is 1.44. The van der Waals surface area contributed by atoms with E-state index in [1.165, 1.54) is 12.1 Å². The lowest BCUT2D eigenvalue weighted by molar-refractivity contribution is 0.0694. The van der Waals surface area contributed by atoms with Gasteiger partial charge < -0.3 is 9.84 Å². The van der Waals surface area contributed by atoms with Gasteiger partial charge in [0.15, 0.2) is 0 Å². The van der Waals surface area contributed by atoms with Crippen LogP contribution >= 0.6 is 11.6 Å². The van der Waals surface area contributed by atoms with Crippen molar-refractivity contribution in [3.8, 4) is 11.6 Å². The van der Waals surface area contributed by atoms with E-state index < -0.39 is 5.97 Å². The molecule has 0 unspecified atom stereocenters. The Bertz CT molecular complexity index is 599. The van der Waals surface area contributed by atoms with Gasteiger partial charge in [0.25, 0.3) is 0 Å². The number of hydrogen-bond donors (Lipinski definition) is 1. The molecule has 0 saturated carbocycles. The van der Waals surface area contributed by atoms with Crippen LogP contribution in [0.5, 0.6) is 11.6 Å². The van der Waals surface area contributed by atoms with Gasteiger partial charge in [-0.25, -0.2) is 9.78 Å². The van der Waals surface area contributed by atoms with E-state index in [0.717, 1.165) is 5.56 Å². The molecule has 1 N–H and O–H groups in total. The number of aryl methyl sites for hydroxylation is 1. The number of aromatic nitrogens is 1. The van der Waals surface area contributed by atoms with Gasteiger partial charge in [-0.1, -0.05) is 11.6 Å². The Kier molecular flexibility index (Phi) is 3.48. The summed E-state index contributed by atoms with van der Waals surface area (Å²) in [6, 6.07) is 7.97. The number of carboxylic acid groups (broad SMARTS) is 1. The van der Waals surface area contributed by atoms with E-state index in [0.29, 0.717) is 10.9 Å². The minimum Gasteiger partial charge on any atom is -0.478 e. The van der Waals surface area contributed by atoms with Crippen LogP contribution in [-0.4, -0.2) is 16.1 Å². The van der Waals surface area contributed by atoms with E-state index in [1.54, 1.807) is 18.3 Å². The second-order valence-electron chi connectivity index (χ2n) is 3.72. The molecule has 5 heteroatoms. The number of carbonyl (C=O) groups is 1. The number of halogens is 1. The molecule has 4 nitrogen and oxygen atoms in total. The summed E-state index contributed by atoms with van der Waals surface area (Å²) in [5.41, 5.74) is 0.983. The van der Waals surface area contributed by atoms with E-state index in [4.69, 9.17) is 21.4 Å². The normalized spacial score (nSPS) is 10.1. The Hall–Kier alpha value is -2.07. The van der Waals surface area contributed by atoms with Gasteiger partial charge >= 0.3 is 5.97 Å². The maximum atomic E-state index is 11.1. The number of rotatable bonds is 3. The maximum Gasteiger partial charge on any atom is 0.339 e. The van der Waals surface area contributed by atoms with Crippen LogP contribution in [-0.2, 0) is 0 Å². The Balaban J connectivity index is 2.37. The Morgan fingerprint density at radius 3 is 2.78 bits per heavy atom. The highest BCUT2D eigenvalue weighted by Gasteiger charge is 2.13. The number of hydrogen-bond acceptors (Lipinski definition) is 3. The maximum absolute atomic E-state index is 11.1. The summed E-state index contributed by atoms with van der Waals surface area (Å²) in [7, 11) is 0. The van der Waals surface area contributed by atoms with Gasteiger partial charge in [-0.05, 0) is 36.8 Å². The fraction of sp³-hybridized carbons (Fsp3) is 0.0769. The smallest absolute Gasteiger partial charge is 0.339 e. The van der Waals surface area contributed by atoms with Crippen molar-refractivity contribution in [2.24, 2.45) is 0 Å². The molecule has 1 aromatic carbocycles. The number of aromatic carboxylic acids is 1. The number of carboxylic acids is 1. The third kappa shape index (κ3) is 2.78. The lowest BCUT2D eigenvalue weighted by atomic mass is 10.2. The van der Waals surface area contributed by atoms with E-state index >= 15 is 0 Å². The van der Waals surface area contributed by atoms with Crippen molar-refractivity contribution >= 4 is 17.6 Å². The van der Waals surface area contributed by atoms with E-state index in [9.17, 15) is 4.79 Å². The van der Waals surface area contributed by atoms with Crippen LogP contribution < -0.4 is 4.74 Å². The minimum atomic E-state index is -1.10. The summed E-state index contributed by atoms with van der Waals surface area (Å²) in [5.74, 6) is -0.537. The highest BCUT2D eigenvalue weighted by Crippen LogP contribution is 2.27. The van der Waals surface area contributed by atoms with Crippen molar-refractivity contribution in [2.45, 2.75) is 6.92 Å². The van der Waals surface area contributed by atoms with Gasteiger partial charge in [0.1, 0.15) is 11.3 Å². The van der Waals surface area contributed by atoms with Crippen LogP contribution in [0.15, 0.2) is 36.5 Å². The molecule has 92 valence electrons. The zero-order valence-electron chi connectivity index (χ0n) is 9.55. The van der Waals surface area contributed by atoms with Crippen molar-refractivity contribution in [3.05, 3.63) is 52.7 Å². The predicted octanol–water partition coefficient (Wildman–Crippen LogP) is 3.53. The van der Waals surface area contributed by atoms with Crippen LogP contribution in [0.1, 0.15) is 15.9 Å². The summed E-state index contributed by atoms with van der Waals surface area (Å²) in [4.78, 5) is 15.1. The summed E-state index contributed by atoms with van der Waals surface area (Å²) >= 11 is 5.75.